The van der Waals surface area contributed by atoms with Crippen LogP contribution >= 0.6 is 0 Å². The van der Waals surface area contributed by atoms with Crippen molar-refractivity contribution in [2.45, 2.75) is 43.9 Å². The molecule has 2 atom stereocenters. The minimum atomic E-state index is -0.310. The number of halogens is 1. The fraction of sp³-hybridized carbons (Fsp3) is 0.433. The average molecular weight is 548 g/mol. The van der Waals surface area contributed by atoms with Crippen molar-refractivity contribution in [3.05, 3.63) is 65.8 Å². The zero-order valence-electron chi connectivity index (χ0n) is 22.6. The molecule has 1 saturated carbocycles. The number of hydrogen-bond acceptors (Lipinski definition) is 9. The SMILES string of the molecule is Cc1cc(Nc2ncnc3cc(OCC4(N)CC4)c(CC(=O)/C=C/CN4C[C@@H]5OCCO[C@@H]5C4)cc23)ccc1F. The number of ether oxygens (including phenoxy) is 3. The maximum absolute atomic E-state index is 13.8. The topological polar surface area (TPSA) is 112 Å². The van der Waals surface area contributed by atoms with Gasteiger partial charge in [0.25, 0.3) is 0 Å². The average Bonchev–Trinajstić information content (AvgIpc) is 3.53. The van der Waals surface area contributed by atoms with Crippen LogP contribution in [0.5, 0.6) is 5.75 Å². The predicted octanol–water partition coefficient (Wildman–Crippen LogP) is 3.46. The lowest BCUT2D eigenvalue weighted by molar-refractivity contribution is -0.116. The number of nitrogens with two attached hydrogens (primary N) is 1. The number of hydrogen-bond donors (Lipinski definition) is 2. The minimum Gasteiger partial charge on any atom is -0.491 e. The first-order valence-corrected chi connectivity index (χ1v) is 13.7. The molecule has 2 saturated heterocycles. The summed E-state index contributed by atoms with van der Waals surface area (Å²) >= 11 is 0. The van der Waals surface area contributed by atoms with E-state index in [1.54, 1.807) is 25.1 Å². The van der Waals surface area contributed by atoms with Gasteiger partial charge >= 0.3 is 0 Å². The van der Waals surface area contributed by atoms with E-state index >= 15 is 0 Å². The van der Waals surface area contributed by atoms with Gasteiger partial charge in [-0.15, -0.1) is 0 Å². The van der Waals surface area contributed by atoms with Gasteiger partial charge in [-0.2, -0.15) is 0 Å². The Morgan fingerprint density at radius 2 is 1.98 bits per heavy atom. The van der Waals surface area contributed by atoms with Gasteiger partial charge in [-0.3, -0.25) is 9.69 Å². The number of nitrogens with one attached hydrogen (secondary N) is 1. The first kappa shape index (κ1) is 26.8. The highest BCUT2D eigenvalue weighted by Crippen LogP contribution is 2.35. The van der Waals surface area contributed by atoms with Crippen LogP contribution < -0.4 is 15.8 Å². The fourth-order valence-corrected chi connectivity index (χ4v) is 5.15. The van der Waals surface area contributed by atoms with E-state index in [-0.39, 0.29) is 35.8 Å². The highest BCUT2D eigenvalue weighted by molar-refractivity contribution is 5.96. The fourth-order valence-electron chi connectivity index (χ4n) is 5.15. The lowest BCUT2D eigenvalue weighted by Crippen LogP contribution is -2.36. The van der Waals surface area contributed by atoms with Crippen LogP contribution in [0.15, 0.2) is 48.8 Å². The number of rotatable bonds is 10. The summed E-state index contributed by atoms with van der Waals surface area (Å²) in [5.41, 5.74) is 8.59. The summed E-state index contributed by atoms with van der Waals surface area (Å²) in [6.45, 7) is 5.62. The number of fused-ring (bicyclic) bond motifs is 2. The van der Waals surface area contributed by atoms with E-state index in [9.17, 15) is 9.18 Å². The number of aryl methyl sites for hydroxylation is 1. The molecule has 2 aliphatic heterocycles. The van der Waals surface area contributed by atoms with Crippen molar-refractivity contribution >= 4 is 28.2 Å². The van der Waals surface area contributed by atoms with Crippen LogP contribution in [0, 0.1) is 12.7 Å². The molecule has 10 heteroatoms. The Bertz CT molecular complexity index is 1430. The Labute approximate surface area is 232 Å². The minimum absolute atomic E-state index is 0.0392. The molecule has 0 spiro atoms. The van der Waals surface area contributed by atoms with Gasteiger partial charge in [0.15, 0.2) is 5.78 Å². The van der Waals surface area contributed by atoms with Crippen LogP contribution in [0.2, 0.25) is 0 Å². The molecular formula is C30H34FN5O4. The van der Waals surface area contributed by atoms with Crippen molar-refractivity contribution in [1.82, 2.24) is 14.9 Å². The highest BCUT2D eigenvalue weighted by atomic mass is 19.1. The number of likely N-dealkylation sites (tertiary alicyclic amines) is 1. The van der Waals surface area contributed by atoms with Gasteiger partial charge in [0.1, 0.15) is 30.3 Å². The van der Waals surface area contributed by atoms with Gasteiger partial charge in [-0.1, -0.05) is 6.08 Å². The van der Waals surface area contributed by atoms with E-state index < -0.39 is 0 Å². The Hall–Kier alpha value is -3.44. The second-order valence-corrected chi connectivity index (χ2v) is 11.0. The van der Waals surface area contributed by atoms with Crippen LogP contribution in [0.4, 0.5) is 15.9 Å². The normalized spacial score (nSPS) is 22.0. The molecule has 0 amide bonds. The summed E-state index contributed by atoms with van der Waals surface area (Å²) in [7, 11) is 0. The van der Waals surface area contributed by atoms with Crippen molar-refractivity contribution in [3.8, 4) is 5.75 Å². The zero-order valence-corrected chi connectivity index (χ0v) is 22.6. The number of benzene rings is 2. The predicted molar refractivity (Wildman–Crippen MR) is 149 cm³/mol. The monoisotopic (exact) mass is 547 g/mol. The number of ketones is 1. The molecule has 9 nitrogen and oxygen atoms in total. The Morgan fingerprint density at radius 3 is 2.70 bits per heavy atom. The molecule has 3 fully saturated rings. The van der Waals surface area contributed by atoms with Crippen molar-refractivity contribution < 1.29 is 23.4 Å². The Kier molecular flexibility index (Phi) is 7.50. The van der Waals surface area contributed by atoms with Crippen molar-refractivity contribution in [3.63, 3.8) is 0 Å². The van der Waals surface area contributed by atoms with Gasteiger partial charge in [-0.25, -0.2) is 14.4 Å². The summed E-state index contributed by atoms with van der Waals surface area (Å²) in [5, 5.41) is 4.00. The number of allylic oxidation sites excluding steroid dienone is 1. The van der Waals surface area contributed by atoms with Crippen LogP contribution in [0.1, 0.15) is 24.0 Å². The van der Waals surface area contributed by atoms with E-state index in [0.717, 1.165) is 36.9 Å². The van der Waals surface area contributed by atoms with Crippen LogP contribution in [-0.4, -0.2) is 77.9 Å². The van der Waals surface area contributed by atoms with Crippen molar-refractivity contribution in [2.24, 2.45) is 5.73 Å². The molecule has 1 aromatic heterocycles. The van der Waals surface area contributed by atoms with Crippen LogP contribution in [0.25, 0.3) is 10.9 Å². The van der Waals surface area contributed by atoms with Crippen molar-refractivity contribution in [2.75, 3.05) is 44.8 Å². The van der Waals surface area contributed by atoms with E-state index in [2.05, 4.69) is 20.2 Å². The third-order valence-electron chi connectivity index (χ3n) is 7.72. The smallest absolute Gasteiger partial charge is 0.159 e. The highest BCUT2D eigenvalue weighted by Gasteiger charge is 2.39. The maximum Gasteiger partial charge on any atom is 0.159 e. The number of anilines is 2. The zero-order chi connectivity index (χ0) is 27.7. The molecule has 210 valence electrons. The summed E-state index contributed by atoms with van der Waals surface area (Å²) in [6, 6.07) is 8.53. The number of aromatic nitrogens is 2. The quantitative estimate of drug-likeness (QED) is 0.369. The molecule has 1 aliphatic carbocycles. The molecule has 3 N–H and O–H groups in total. The lowest BCUT2D eigenvalue weighted by atomic mass is 10.0. The van der Waals surface area contributed by atoms with Crippen LogP contribution in [-0.2, 0) is 20.7 Å². The summed E-state index contributed by atoms with van der Waals surface area (Å²) < 4.78 is 31.5. The molecule has 2 aromatic carbocycles. The first-order valence-electron chi connectivity index (χ1n) is 13.7. The summed E-state index contributed by atoms with van der Waals surface area (Å²) in [5.74, 6) is 0.838. The van der Waals surface area contributed by atoms with E-state index in [0.29, 0.717) is 54.7 Å². The van der Waals surface area contributed by atoms with Gasteiger partial charge in [-0.05, 0) is 55.7 Å². The largest absolute Gasteiger partial charge is 0.491 e. The molecule has 0 bridgehead atoms. The van der Waals surface area contributed by atoms with Gasteiger partial charge in [0.2, 0.25) is 0 Å². The van der Waals surface area contributed by atoms with Crippen molar-refractivity contribution in [1.29, 1.82) is 0 Å². The molecule has 40 heavy (non-hydrogen) atoms. The van der Waals surface area contributed by atoms with Crippen LogP contribution in [0.3, 0.4) is 0 Å². The summed E-state index contributed by atoms with van der Waals surface area (Å²) in [4.78, 5) is 24.2. The number of carbonyl (C=O) groups excluding carboxylic acids is 1. The maximum atomic E-state index is 13.8. The van der Waals surface area contributed by atoms with Gasteiger partial charge < -0.3 is 25.3 Å². The van der Waals surface area contributed by atoms with E-state index in [4.69, 9.17) is 19.9 Å². The standard InChI is InChI=1S/C30H34FN5O4/c1-19-11-21(4-5-24(19)31)35-29-23-13-20(26(14-25(23)33-18-34-29)40-17-30(32)6-7-30)12-22(37)3-2-8-36-15-27-28(16-36)39-10-9-38-27/h2-5,11,13-14,18,27-28H,6-10,12,15-17,32H2,1H3,(H,33,34,35)/b3-2+/t27-,28+. The second kappa shape index (κ2) is 11.2. The lowest BCUT2D eigenvalue weighted by Gasteiger charge is -2.24. The molecular weight excluding hydrogens is 513 g/mol. The summed E-state index contributed by atoms with van der Waals surface area (Å²) in [6.07, 6.45) is 7.19. The third kappa shape index (κ3) is 6.15. The molecule has 6 rings (SSSR count). The molecule has 3 aromatic rings. The van der Waals surface area contributed by atoms with Gasteiger partial charge in [0.05, 0.1) is 36.5 Å². The van der Waals surface area contributed by atoms with E-state index in [1.165, 1.54) is 12.4 Å². The molecule has 3 heterocycles. The molecule has 0 radical (unpaired) electrons. The van der Waals surface area contributed by atoms with E-state index in [1.807, 2.05) is 18.2 Å². The number of carbonyl (C=O) groups is 1. The molecule has 0 unspecified atom stereocenters. The third-order valence-corrected chi connectivity index (χ3v) is 7.72. The van der Waals surface area contributed by atoms with Gasteiger partial charge in [0, 0.05) is 48.8 Å². The first-order chi connectivity index (χ1) is 19.3. The second-order valence-electron chi connectivity index (χ2n) is 11.0. The Balaban J connectivity index is 1.21. The Morgan fingerprint density at radius 1 is 1.20 bits per heavy atom. The number of nitrogens with zero attached hydrogens (tertiary/aromatic N) is 3. The molecule has 3 aliphatic rings.